The number of hydrogen-bond acceptors (Lipinski definition) is 2. The van der Waals surface area contributed by atoms with E-state index in [1.54, 1.807) is 0 Å². The van der Waals surface area contributed by atoms with E-state index in [-0.39, 0.29) is 18.7 Å². The predicted octanol–water partition coefficient (Wildman–Crippen LogP) is 3.58. The highest BCUT2D eigenvalue weighted by atomic mass is 19.4. The summed E-state index contributed by atoms with van der Waals surface area (Å²) in [5, 5.41) is 8.66. The average molecular weight is 309 g/mol. The Labute approximate surface area is 117 Å². The molecular formula is C13H12F5NO2. The van der Waals surface area contributed by atoms with Crippen LogP contribution in [0.1, 0.15) is 29.6 Å². The van der Waals surface area contributed by atoms with Gasteiger partial charge in [-0.3, -0.25) is 0 Å². The molecule has 1 saturated heterocycles. The van der Waals surface area contributed by atoms with Crippen LogP contribution >= 0.6 is 0 Å². The fourth-order valence-electron chi connectivity index (χ4n) is 2.51. The topological polar surface area (TPSA) is 40.5 Å². The standard InChI is InChI=1S/C13H12F5NO2/c14-8-5-7(6-9(15)11(8)12(20)21)19-4-2-1-3-10(19)13(16,17)18/h5-6,10H,1-4H2,(H,20,21)/t10-/m0/s1. The van der Waals surface area contributed by atoms with Gasteiger partial charge in [0.1, 0.15) is 23.2 Å². The van der Waals surface area contributed by atoms with Crippen LogP contribution in [0.25, 0.3) is 0 Å². The van der Waals surface area contributed by atoms with Crippen LogP contribution in [0.4, 0.5) is 27.6 Å². The molecule has 0 unspecified atom stereocenters. The number of anilines is 1. The minimum absolute atomic E-state index is 0.00940. The molecular weight excluding hydrogens is 297 g/mol. The molecule has 1 aliphatic heterocycles. The molecule has 1 N–H and O–H groups in total. The number of carboxylic acid groups (broad SMARTS) is 1. The Morgan fingerprint density at radius 2 is 1.76 bits per heavy atom. The summed E-state index contributed by atoms with van der Waals surface area (Å²) in [5.41, 5.74) is -1.46. The van der Waals surface area contributed by atoms with Crippen molar-refractivity contribution in [2.75, 3.05) is 11.4 Å². The van der Waals surface area contributed by atoms with E-state index in [4.69, 9.17) is 5.11 Å². The summed E-state index contributed by atoms with van der Waals surface area (Å²) in [4.78, 5) is 11.6. The SMILES string of the molecule is O=C(O)c1c(F)cc(N2CCCC[C@H]2C(F)(F)F)cc1F. The predicted molar refractivity (Wildman–Crippen MR) is 64.4 cm³/mol. The van der Waals surface area contributed by atoms with Gasteiger partial charge in [-0.25, -0.2) is 13.6 Å². The number of hydrogen-bond donors (Lipinski definition) is 1. The number of rotatable bonds is 2. The summed E-state index contributed by atoms with van der Waals surface area (Å²) < 4.78 is 66.1. The van der Waals surface area contributed by atoms with Gasteiger partial charge in [0.25, 0.3) is 0 Å². The maximum absolute atomic E-state index is 13.6. The highest BCUT2D eigenvalue weighted by Crippen LogP contribution is 2.36. The molecule has 0 bridgehead atoms. The van der Waals surface area contributed by atoms with Crippen molar-refractivity contribution in [2.45, 2.75) is 31.5 Å². The van der Waals surface area contributed by atoms with Crippen LogP contribution in [0, 0.1) is 11.6 Å². The van der Waals surface area contributed by atoms with Gasteiger partial charge in [-0.1, -0.05) is 0 Å². The van der Waals surface area contributed by atoms with Crippen LogP contribution in [0.2, 0.25) is 0 Å². The summed E-state index contributed by atoms with van der Waals surface area (Å²) in [6.07, 6.45) is -3.83. The molecule has 0 amide bonds. The minimum Gasteiger partial charge on any atom is -0.477 e. The first-order valence-electron chi connectivity index (χ1n) is 6.27. The lowest BCUT2D eigenvalue weighted by atomic mass is 10.00. The maximum atomic E-state index is 13.6. The second kappa shape index (κ2) is 5.50. The van der Waals surface area contributed by atoms with Gasteiger partial charge in [-0.05, 0) is 31.4 Å². The van der Waals surface area contributed by atoms with Crippen LogP contribution in [0.5, 0.6) is 0 Å². The van der Waals surface area contributed by atoms with Gasteiger partial charge in [0.05, 0.1) is 0 Å². The average Bonchev–Trinajstić information content (AvgIpc) is 2.36. The molecule has 1 heterocycles. The van der Waals surface area contributed by atoms with Crippen LogP contribution in [0.3, 0.4) is 0 Å². The van der Waals surface area contributed by atoms with E-state index in [1.165, 1.54) is 0 Å². The molecule has 0 aromatic heterocycles. The van der Waals surface area contributed by atoms with Gasteiger partial charge >= 0.3 is 12.1 Å². The number of carbonyl (C=O) groups is 1. The summed E-state index contributed by atoms with van der Waals surface area (Å²) in [5.74, 6) is -4.57. The lowest BCUT2D eigenvalue weighted by molar-refractivity contribution is -0.152. The number of benzene rings is 1. The molecule has 116 valence electrons. The first-order valence-corrected chi connectivity index (χ1v) is 6.27. The van der Waals surface area contributed by atoms with E-state index >= 15 is 0 Å². The van der Waals surface area contributed by atoms with E-state index in [2.05, 4.69) is 0 Å². The lowest BCUT2D eigenvalue weighted by Crippen LogP contribution is -2.48. The van der Waals surface area contributed by atoms with Crippen LogP contribution in [0.15, 0.2) is 12.1 Å². The Morgan fingerprint density at radius 1 is 1.19 bits per heavy atom. The minimum atomic E-state index is -4.52. The Bertz CT molecular complexity index is 535. The van der Waals surface area contributed by atoms with E-state index in [0.717, 1.165) is 4.90 Å². The normalized spacial score (nSPS) is 19.7. The first-order chi connectivity index (χ1) is 9.71. The highest BCUT2D eigenvalue weighted by Gasteiger charge is 2.44. The molecule has 2 rings (SSSR count). The van der Waals surface area contributed by atoms with E-state index in [0.29, 0.717) is 25.0 Å². The van der Waals surface area contributed by atoms with Gasteiger partial charge in [0.15, 0.2) is 0 Å². The fraction of sp³-hybridized carbons (Fsp3) is 0.462. The summed E-state index contributed by atoms with van der Waals surface area (Å²) in [6.45, 7) is 0.00940. The van der Waals surface area contributed by atoms with Gasteiger partial charge in [-0.2, -0.15) is 13.2 Å². The van der Waals surface area contributed by atoms with Crippen LogP contribution < -0.4 is 4.90 Å². The number of piperidine rings is 1. The van der Waals surface area contributed by atoms with Gasteiger partial charge in [0.2, 0.25) is 0 Å². The van der Waals surface area contributed by atoms with Gasteiger partial charge < -0.3 is 10.0 Å². The van der Waals surface area contributed by atoms with E-state index in [9.17, 15) is 26.7 Å². The summed E-state index contributed by atoms with van der Waals surface area (Å²) >= 11 is 0. The van der Waals surface area contributed by atoms with Crippen LogP contribution in [-0.2, 0) is 0 Å². The Morgan fingerprint density at radius 3 is 2.24 bits per heavy atom. The van der Waals surface area contributed by atoms with Crippen molar-refractivity contribution in [3.63, 3.8) is 0 Å². The second-order valence-corrected chi connectivity index (χ2v) is 4.84. The number of halogens is 5. The molecule has 21 heavy (non-hydrogen) atoms. The largest absolute Gasteiger partial charge is 0.477 e. The molecule has 0 spiro atoms. The van der Waals surface area contributed by atoms with Crippen molar-refractivity contribution in [1.29, 1.82) is 0 Å². The summed E-state index contributed by atoms with van der Waals surface area (Å²) in [6, 6.07) is -0.548. The molecule has 1 fully saturated rings. The zero-order valence-corrected chi connectivity index (χ0v) is 10.8. The molecule has 1 aromatic carbocycles. The molecule has 1 aliphatic rings. The molecule has 1 atom stereocenters. The van der Waals surface area contributed by atoms with Crippen molar-refractivity contribution in [3.05, 3.63) is 29.3 Å². The third kappa shape index (κ3) is 3.08. The highest BCUT2D eigenvalue weighted by molar-refractivity contribution is 5.88. The van der Waals surface area contributed by atoms with E-state index < -0.39 is 35.4 Å². The zero-order chi connectivity index (χ0) is 15.8. The molecule has 1 aromatic rings. The second-order valence-electron chi connectivity index (χ2n) is 4.84. The Hall–Kier alpha value is -1.86. The number of alkyl halides is 3. The van der Waals surface area contributed by atoms with Crippen molar-refractivity contribution in [3.8, 4) is 0 Å². The van der Waals surface area contributed by atoms with Crippen molar-refractivity contribution in [2.24, 2.45) is 0 Å². The third-order valence-corrected chi connectivity index (χ3v) is 3.45. The van der Waals surface area contributed by atoms with Gasteiger partial charge in [-0.15, -0.1) is 0 Å². The Kier molecular flexibility index (Phi) is 4.06. The van der Waals surface area contributed by atoms with Crippen LogP contribution in [-0.4, -0.2) is 29.8 Å². The maximum Gasteiger partial charge on any atom is 0.408 e. The van der Waals surface area contributed by atoms with Crippen molar-refractivity contribution < 1.29 is 31.9 Å². The lowest BCUT2D eigenvalue weighted by Gasteiger charge is -2.38. The monoisotopic (exact) mass is 309 g/mol. The molecule has 0 radical (unpaired) electrons. The quantitative estimate of drug-likeness (QED) is 0.849. The molecule has 0 saturated carbocycles. The van der Waals surface area contributed by atoms with Gasteiger partial charge in [0, 0.05) is 12.2 Å². The molecule has 8 heteroatoms. The van der Waals surface area contributed by atoms with Crippen molar-refractivity contribution >= 4 is 11.7 Å². The zero-order valence-electron chi connectivity index (χ0n) is 10.8. The van der Waals surface area contributed by atoms with E-state index in [1.807, 2.05) is 0 Å². The number of carboxylic acids is 1. The fourth-order valence-corrected chi connectivity index (χ4v) is 2.51. The third-order valence-electron chi connectivity index (χ3n) is 3.45. The first kappa shape index (κ1) is 15.5. The number of nitrogens with zero attached hydrogens (tertiary/aromatic N) is 1. The molecule has 3 nitrogen and oxygen atoms in total. The molecule has 0 aliphatic carbocycles. The van der Waals surface area contributed by atoms with Crippen molar-refractivity contribution in [1.82, 2.24) is 0 Å². The Balaban J connectivity index is 2.43. The summed E-state index contributed by atoms with van der Waals surface area (Å²) in [7, 11) is 0. The number of aromatic carboxylic acids is 1. The smallest absolute Gasteiger partial charge is 0.408 e.